The van der Waals surface area contributed by atoms with Crippen molar-refractivity contribution in [2.75, 3.05) is 13.2 Å². The molecule has 0 amide bonds. The number of rotatable bonds is 9. The quantitative estimate of drug-likeness (QED) is 0.736. The second-order valence-corrected chi connectivity index (χ2v) is 7.28. The average Bonchev–Trinajstić information content (AvgIpc) is 2.50. The zero-order chi connectivity index (χ0) is 15.9. The van der Waals surface area contributed by atoms with E-state index in [4.69, 9.17) is 5.11 Å². The highest BCUT2D eigenvalue weighted by Gasteiger charge is 2.16. The van der Waals surface area contributed by atoms with Crippen LogP contribution in [0.25, 0.3) is 0 Å². The minimum atomic E-state index is -3.46. The van der Waals surface area contributed by atoms with Crippen molar-refractivity contribution in [2.45, 2.75) is 50.8 Å². The minimum Gasteiger partial charge on any atom is -0.396 e. The van der Waals surface area contributed by atoms with E-state index in [0.29, 0.717) is 23.8 Å². The molecule has 0 saturated heterocycles. The predicted molar refractivity (Wildman–Crippen MR) is 85.8 cm³/mol. The number of benzene rings is 1. The standard InChI is InChI=1S/C16H27NO3S/c1-4-13(3)15-6-8-16(9-7-15)21(19,20)17-12-14(5-2)10-11-18/h6-9,13-14,17-18H,4-5,10-12H2,1-3H3. The monoisotopic (exact) mass is 313 g/mol. The highest BCUT2D eigenvalue weighted by Crippen LogP contribution is 2.20. The molecule has 0 radical (unpaired) electrons. The van der Waals surface area contributed by atoms with Crippen molar-refractivity contribution in [3.8, 4) is 0 Å². The van der Waals surface area contributed by atoms with Crippen molar-refractivity contribution >= 4 is 10.0 Å². The van der Waals surface area contributed by atoms with Crippen molar-refractivity contribution in [3.63, 3.8) is 0 Å². The van der Waals surface area contributed by atoms with Crippen LogP contribution < -0.4 is 4.72 Å². The Balaban J connectivity index is 2.74. The van der Waals surface area contributed by atoms with Crippen LogP contribution in [0.15, 0.2) is 29.2 Å². The zero-order valence-electron chi connectivity index (χ0n) is 13.2. The average molecular weight is 313 g/mol. The Hall–Kier alpha value is -0.910. The lowest BCUT2D eigenvalue weighted by Crippen LogP contribution is -2.29. The van der Waals surface area contributed by atoms with E-state index >= 15 is 0 Å². The third-order valence-electron chi connectivity index (χ3n) is 4.05. The molecule has 1 aromatic rings. The van der Waals surface area contributed by atoms with Gasteiger partial charge in [0.05, 0.1) is 4.90 Å². The van der Waals surface area contributed by atoms with Crippen LogP contribution in [0.1, 0.15) is 51.5 Å². The van der Waals surface area contributed by atoms with Gasteiger partial charge in [0.2, 0.25) is 10.0 Å². The summed E-state index contributed by atoms with van der Waals surface area (Å²) in [6, 6.07) is 7.09. The van der Waals surface area contributed by atoms with Crippen molar-refractivity contribution in [1.82, 2.24) is 4.72 Å². The maximum absolute atomic E-state index is 12.2. The molecule has 0 fully saturated rings. The van der Waals surface area contributed by atoms with E-state index < -0.39 is 10.0 Å². The Morgan fingerprint density at radius 1 is 1.14 bits per heavy atom. The van der Waals surface area contributed by atoms with E-state index in [1.165, 1.54) is 0 Å². The Bertz CT molecular complexity index is 511. The normalized spacial score (nSPS) is 14.9. The summed E-state index contributed by atoms with van der Waals surface area (Å²) in [6.07, 6.45) is 2.49. The lowest BCUT2D eigenvalue weighted by Gasteiger charge is -2.15. The third kappa shape index (κ3) is 5.41. The van der Waals surface area contributed by atoms with Gasteiger partial charge in [0.1, 0.15) is 0 Å². The number of aliphatic hydroxyl groups is 1. The molecule has 0 heterocycles. The molecule has 0 aliphatic heterocycles. The van der Waals surface area contributed by atoms with Gasteiger partial charge in [-0.05, 0) is 42.4 Å². The van der Waals surface area contributed by atoms with Gasteiger partial charge in [-0.3, -0.25) is 0 Å². The Kier molecular flexibility index (Phi) is 7.35. The first-order chi connectivity index (χ1) is 9.94. The summed E-state index contributed by atoms with van der Waals surface area (Å²) >= 11 is 0. The Labute approximate surface area is 128 Å². The fraction of sp³-hybridized carbons (Fsp3) is 0.625. The molecule has 0 spiro atoms. The summed E-state index contributed by atoms with van der Waals surface area (Å²) in [5, 5.41) is 8.94. The van der Waals surface area contributed by atoms with Gasteiger partial charge in [0.25, 0.3) is 0 Å². The highest BCUT2D eigenvalue weighted by atomic mass is 32.2. The van der Waals surface area contributed by atoms with Gasteiger partial charge in [-0.2, -0.15) is 0 Å². The molecular formula is C16H27NO3S. The largest absolute Gasteiger partial charge is 0.396 e. The number of sulfonamides is 1. The molecule has 0 saturated carbocycles. The maximum Gasteiger partial charge on any atom is 0.240 e. The summed E-state index contributed by atoms with van der Waals surface area (Å²) in [6.45, 7) is 6.69. The van der Waals surface area contributed by atoms with Gasteiger partial charge in [0, 0.05) is 13.2 Å². The fourth-order valence-corrected chi connectivity index (χ4v) is 3.27. The molecule has 0 aliphatic carbocycles. The first kappa shape index (κ1) is 18.1. The first-order valence-electron chi connectivity index (χ1n) is 7.65. The van der Waals surface area contributed by atoms with E-state index in [-0.39, 0.29) is 12.5 Å². The van der Waals surface area contributed by atoms with Crippen LogP contribution in [0.2, 0.25) is 0 Å². The number of aliphatic hydroxyl groups excluding tert-OH is 1. The molecule has 1 rings (SSSR count). The lowest BCUT2D eigenvalue weighted by atomic mass is 9.99. The molecule has 0 bridgehead atoms. The van der Waals surface area contributed by atoms with Gasteiger partial charge >= 0.3 is 0 Å². The van der Waals surface area contributed by atoms with Crippen molar-refractivity contribution in [3.05, 3.63) is 29.8 Å². The summed E-state index contributed by atoms with van der Waals surface area (Å²) in [7, 11) is -3.46. The van der Waals surface area contributed by atoms with E-state index in [1.807, 2.05) is 19.1 Å². The van der Waals surface area contributed by atoms with Gasteiger partial charge in [-0.1, -0.05) is 39.3 Å². The third-order valence-corrected chi connectivity index (χ3v) is 5.49. The smallest absolute Gasteiger partial charge is 0.240 e. The Morgan fingerprint density at radius 3 is 2.24 bits per heavy atom. The molecule has 2 unspecified atom stereocenters. The zero-order valence-corrected chi connectivity index (χ0v) is 14.0. The van der Waals surface area contributed by atoms with Crippen LogP contribution in [0, 0.1) is 5.92 Å². The molecule has 0 aliphatic rings. The topological polar surface area (TPSA) is 66.4 Å². The van der Waals surface area contributed by atoms with E-state index in [1.54, 1.807) is 12.1 Å². The summed E-state index contributed by atoms with van der Waals surface area (Å²) in [5.41, 5.74) is 1.16. The van der Waals surface area contributed by atoms with E-state index in [0.717, 1.165) is 18.4 Å². The molecular weight excluding hydrogens is 286 g/mol. The van der Waals surface area contributed by atoms with Crippen LogP contribution in [0.3, 0.4) is 0 Å². The molecule has 2 atom stereocenters. The molecule has 4 nitrogen and oxygen atoms in total. The second-order valence-electron chi connectivity index (χ2n) is 5.52. The van der Waals surface area contributed by atoms with Gasteiger partial charge in [-0.15, -0.1) is 0 Å². The summed E-state index contributed by atoms with van der Waals surface area (Å²) in [4.78, 5) is 0.299. The maximum atomic E-state index is 12.2. The van der Waals surface area contributed by atoms with Crippen LogP contribution in [0.4, 0.5) is 0 Å². The van der Waals surface area contributed by atoms with E-state index in [9.17, 15) is 8.42 Å². The van der Waals surface area contributed by atoms with Crippen molar-refractivity contribution < 1.29 is 13.5 Å². The first-order valence-corrected chi connectivity index (χ1v) is 9.13. The molecule has 2 N–H and O–H groups in total. The molecule has 5 heteroatoms. The van der Waals surface area contributed by atoms with Crippen LogP contribution in [-0.4, -0.2) is 26.7 Å². The Morgan fingerprint density at radius 2 is 1.76 bits per heavy atom. The fourth-order valence-electron chi connectivity index (χ4n) is 2.16. The number of nitrogens with one attached hydrogen (secondary N) is 1. The van der Waals surface area contributed by atoms with Gasteiger partial charge in [-0.25, -0.2) is 13.1 Å². The molecule has 120 valence electrons. The lowest BCUT2D eigenvalue weighted by molar-refractivity contribution is 0.254. The summed E-state index contributed by atoms with van der Waals surface area (Å²) in [5.74, 6) is 0.605. The molecule has 21 heavy (non-hydrogen) atoms. The van der Waals surface area contributed by atoms with Crippen LogP contribution in [-0.2, 0) is 10.0 Å². The van der Waals surface area contributed by atoms with Crippen molar-refractivity contribution in [2.24, 2.45) is 5.92 Å². The number of hydrogen-bond acceptors (Lipinski definition) is 3. The minimum absolute atomic E-state index is 0.0871. The molecule has 1 aromatic carbocycles. The van der Waals surface area contributed by atoms with Gasteiger partial charge < -0.3 is 5.11 Å². The van der Waals surface area contributed by atoms with Crippen molar-refractivity contribution in [1.29, 1.82) is 0 Å². The van der Waals surface area contributed by atoms with E-state index in [2.05, 4.69) is 18.6 Å². The number of hydrogen-bond donors (Lipinski definition) is 2. The van der Waals surface area contributed by atoms with Crippen LogP contribution >= 0.6 is 0 Å². The predicted octanol–water partition coefficient (Wildman–Crippen LogP) is 2.89. The van der Waals surface area contributed by atoms with Gasteiger partial charge in [0.15, 0.2) is 0 Å². The second kappa shape index (κ2) is 8.51. The molecule has 0 aromatic heterocycles. The SMILES string of the molecule is CCC(CCO)CNS(=O)(=O)c1ccc(C(C)CC)cc1. The highest BCUT2D eigenvalue weighted by molar-refractivity contribution is 7.89. The summed E-state index contributed by atoms with van der Waals surface area (Å²) < 4.78 is 27.1. The van der Waals surface area contributed by atoms with Crippen LogP contribution in [0.5, 0.6) is 0 Å².